The number of anilines is 1. The molecule has 1 atom stereocenters. The van der Waals surface area contributed by atoms with E-state index in [9.17, 15) is 0 Å². The smallest absolute Gasteiger partial charge is 0.0392 e. The summed E-state index contributed by atoms with van der Waals surface area (Å²) < 4.78 is 0. The zero-order chi connectivity index (χ0) is 10.0. The molecule has 72 valence electrons. The molecule has 0 spiro atoms. The van der Waals surface area contributed by atoms with Gasteiger partial charge in [0.1, 0.15) is 0 Å². The van der Waals surface area contributed by atoms with Crippen LogP contribution in [0.4, 0.5) is 5.69 Å². The molecule has 0 saturated heterocycles. The number of nitrogen functional groups attached to an aromatic ring is 1. The molecule has 2 heteroatoms. The van der Waals surface area contributed by atoms with E-state index in [0.717, 1.165) is 16.8 Å². The summed E-state index contributed by atoms with van der Waals surface area (Å²) in [5.41, 5.74) is 15.0. The molecule has 0 radical (unpaired) electrons. The van der Waals surface area contributed by atoms with Gasteiger partial charge in [0.25, 0.3) is 0 Å². The minimum Gasteiger partial charge on any atom is -0.398 e. The van der Waals surface area contributed by atoms with Gasteiger partial charge in [-0.15, -0.1) is 0 Å². The third kappa shape index (κ3) is 2.01. The van der Waals surface area contributed by atoms with E-state index in [0.29, 0.717) is 5.92 Å². The second kappa shape index (κ2) is 3.79. The topological polar surface area (TPSA) is 52.0 Å². The molecule has 0 bridgehead atoms. The van der Waals surface area contributed by atoms with Crippen molar-refractivity contribution in [3.05, 3.63) is 29.3 Å². The van der Waals surface area contributed by atoms with E-state index in [4.69, 9.17) is 11.5 Å². The number of benzene rings is 1. The van der Waals surface area contributed by atoms with E-state index in [2.05, 4.69) is 13.8 Å². The Morgan fingerprint density at radius 3 is 2.38 bits per heavy atom. The number of rotatable bonds is 2. The maximum atomic E-state index is 6.03. The number of hydrogen-bond acceptors (Lipinski definition) is 2. The predicted molar refractivity (Wildman–Crippen MR) is 57.4 cm³/mol. The molecule has 2 nitrogen and oxygen atoms in total. The van der Waals surface area contributed by atoms with Crippen molar-refractivity contribution in [1.82, 2.24) is 0 Å². The molecule has 1 unspecified atom stereocenters. The SMILES string of the molecule is Cc1cccc(C(N)C(C)C)c1N. The first-order valence-electron chi connectivity index (χ1n) is 4.64. The normalized spacial score (nSPS) is 13.3. The average Bonchev–Trinajstić information content (AvgIpc) is 2.08. The highest BCUT2D eigenvalue weighted by Gasteiger charge is 2.13. The van der Waals surface area contributed by atoms with Crippen molar-refractivity contribution in [2.45, 2.75) is 26.8 Å². The Hall–Kier alpha value is -1.02. The van der Waals surface area contributed by atoms with Gasteiger partial charge in [0.05, 0.1) is 0 Å². The third-order valence-electron chi connectivity index (χ3n) is 2.44. The van der Waals surface area contributed by atoms with Gasteiger partial charge in [-0.2, -0.15) is 0 Å². The monoisotopic (exact) mass is 178 g/mol. The first-order valence-corrected chi connectivity index (χ1v) is 4.64. The summed E-state index contributed by atoms with van der Waals surface area (Å²) in [4.78, 5) is 0. The number of nitrogens with two attached hydrogens (primary N) is 2. The molecule has 0 heterocycles. The van der Waals surface area contributed by atoms with Crippen LogP contribution in [0.1, 0.15) is 31.0 Å². The zero-order valence-electron chi connectivity index (χ0n) is 8.54. The third-order valence-corrected chi connectivity index (χ3v) is 2.44. The van der Waals surface area contributed by atoms with Crippen LogP contribution in [0.2, 0.25) is 0 Å². The summed E-state index contributed by atoms with van der Waals surface area (Å²) in [6, 6.07) is 6.06. The van der Waals surface area contributed by atoms with E-state index >= 15 is 0 Å². The molecule has 0 amide bonds. The van der Waals surface area contributed by atoms with Gasteiger partial charge in [-0.3, -0.25) is 0 Å². The molecule has 0 aromatic heterocycles. The summed E-state index contributed by atoms with van der Waals surface area (Å²) in [5, 5.41) is 0. The summed E-state index contributed by atoms with van der Waals surface area (Å²) in [6.07, 6.45) is 0. The maximum absolute atomic E-state index is 6.03. The standard InChI is InChI=1S/C11H18N2/c1-7(2)10(12)9-6-4-5-8(3)11(9)13/h4-7,10H,12-13H2,1-3H3. The van der Waals surface area contributed by atoms with Crippen LogP contribution >= 0.6 is 0 Å². The lowest BCUT2D eigenvalue weighted by atomic mass is 9.94. The minimum absolute atomic E-state index is 0.0416. The van der Waals surface area contributed by atoms with E-state index in [1.54, 1.807) is 0 Å². The molecule has 1 aromatic carbocycles. The predicted octanol–water partition coefficient (Wildman–Crippen LogP) is 2.23. The molecule has 0 aliphatic rings. The Balaban J connectivity index is 3.07. The Labute approximate surface area is 79.9 Å². The Morgan fingerprint density at radius 1 is 1.23 bits per heavy atom. The molecule has 0 saturated carbocycles. The molecular weight excluding hydrogens is 160 g/mol. The Kier molecular flexibility index (Phi) is 2.94. The fraction of sp³-hybridized carbons (Fsp3) is 0.455. The summed E-state index contributed by atoms with van der Waals surface area (Å²) in [7, 11) is 0. The van der Waals surface area contributed by atoms with Crippen LogP contribution in [0, 0.1) is 12.8 Å². The second-order valence-corrected chi connectivity index (χ2v) is 3.85. The number of aryl methyl sites for hydroxylation is 1. The van der Waals surface area contributed by atoms with Crippen molar-refractivity contribution in [3.63, 3.8) is 0 Å². The quantitative estimate of drug-likeness (QED) is 0.682. The lowest BCUT2D eigenvalue weighted by Gasteiger charge is -2.18. The second-order valence-electron chi connectivity index (χ2n) is 3.85. The minimum atomic E-state index is 0.0416. The van der Waals surface area contributed by atoms with E-state index in [-0.39, 0.29) is 6.04 Å². The molecule has 0 aliphatic carbocycles. The highest BCUT2D eigenvalue weighted by Crippen LogP contribution is 2.26. The molecule has 0 aliphatic heterocycles. The van der Waals surface area contributed by atoms with Gasteiger partial charge >= 0.3 is 0 Å². The van der Waals surface area contributed by atoms with E-state index in [1.807, 2.05) is 25.1 Å². The van der Waals surface area contributed by atoms with Crippen molar-refractivity contribution in [2.75, 3.05) is 5.73 Å². The van der Waals surface area contributed by atoms with Gasteiger partial charge in [-0.25, -0.2) is 0 Å². The molecule has 1 aromatic rings. The molecule has 1 rings (SSSR count). The molecule has 13 heavy (non-hydrogen) atoms. The van der Waals surface area contributed by atoms with Crippen molar-refractivity contribution in [1.29, 1.82) is 0 Å². The molecule has 4 N–H and O–H groups in total. The van der Waals surface area contributed by atoms with Crippen LogP contribution in [-0.4, -0.2) is 0 Å². The summed E-state index contributed by atoms with van der Waals surface area (Å²) in [5.74, 6) is 0.420. The van der Waals surface area contributed by atoms with Crippen molar-refractivity contribution < 1.29 is 0 Å². The number of hydrogen-bond donors (Lipinski definition) is 2. The van der Waals surface area contributed by atoms with Crippen LogP contribution in [-0.2, 0) is 0 Å². The Morgan fingerprint density at radius 2 is 1.85 bits per heavy atom. The van der Waals surface area contributed by atoms with E-state index in [1.165, 1.54) is 0 Å². The van der Waals surface area contributed by atoms with Gasteiger partial charge in [0, 0.05) is 11.7 Å². The van der Waals surface area contributed by atoms with Crippen LogP contribution in [0.5, 0.6) is 0 Å². The largest absolute Gasteiger partial charge is 0.398 e. The molecular formula is C11H18N2. The summed E-state index contributed by atoms with van der Waals surface area (Å²) in [6.45, 7) is 6.21. The average molecular weight is 178 g/mol. The highest BCUT2D eigenvalue weighted by molar-refractivity contribution is 5.54. The fourth-order valence-electron chi connectivity index (χ4n) is 1.35. The zero-order valence-corrected chi connectivity index (χ0v) is 8.54. The van der Waals surface area contributed by atoms with E-state index < -0.39 is 0 Å². The lowest BCUT2D eigenvalue weighted by Crippen LogP contribution is -2.18. The van der Waals surface area contributed by atoms with Crippen molar-refractivity contribution >= 4 is 5.69 Å². The van der Waals surface area contributed by atoms with Gasteiger partial charge in [-0.05, 0) is 24.0 Å². The molecule has 0 fully saturated rings. The Bertz CT molecular complexity index is 292. The van der Waals surface area contributed by atoms with Crippen LogP contribution in [0.15, 0.2) is 18.2 Å². The lowest BCUT2D eigenvalue weighted by molar-refractivity contribution is 0.515. The van der Waals surface area contributed by atoms with Crippen LogP contribution in [0.3, 0.4) is 0 Å². The van der Waals surface area contributed by atoms with Gasteiger partial charge < -0.3 is 11.5 Å². The van der Waals surface area contributed by atoms with Crippen molar-refractivity contribution in [2.24, 2.45) is 11.7 Å². The maximum Gasteiger partial charge on any atom is 0.0392 e. The van der Waals surface area contributed by atoms with Crippen molar-refractivity contribution in [3.8, 4) is 0 Å². The van der Waals surface area contributed by atoms with Gasteiger partial charge in [-0.1, -0.05) is 32.0 Å². The first-order chi connectivity index (χ1) is 6.04. The van der Waals surface area contributed by atoms with Gasteiger partial charge in [0.2, 0.25) is 0 Å². The summed E-state index contributed by atoms with van der Waals surface area (Å²) >= 11 is 0. The number of para-hydroxylation sites is 1. The van der Waals surface area contributed by atoms with Crippen LogP contribution in [0.25, 0.3) is 0 Å². The first kappa shape index (κ1) is 10.1. The van der Waals surface area contributed by atoms with Crippen LogP contribution < -0.4 is 11.5 Å². The van der Waals surface area contributed by atoms with Gasteiger partial charge in [0.15, 0.2) is 0 Å². The highest BCUT2D eigenvalue weighted by atomic mass is 14.7. The fourth-order valence-corrected chi connectivity index (χ4v) is 1.35.